The fourth-order valence-corrected chi connectivity index (χ4v) is 3.96. The number of thiophene rings is 1. The van der Waals surface area contributed by atoms with E-state index in [1.165, 1.54) is 4.88 Å². The van der Waals surface area contributed by atoms with Crippen LogP contribution in [0, 0.1) is 11.3 Å². The van der Waals surface area contributed by atoms with Crippen molar-refractivity contribution >= 4 is 17.3 Å². The van der Waals surface area contributed by atoms with Crippen LogP contribution in [0.1, 0.15) is 35.6 Å². The Labute approximate surface area is 157 Å². The molecule has 0 saturated carbocycles. The van der Waals surface area contributed by atoms with Crippen LogP contribution in [0.25, 0.3) is 21.6 Å². The highest BCUT2D eigenvalue weighted by Crippen LogP contribution is 2.35. The molecule has 0 radical (unpaired) electrons. The lowest BCUT2D eigenvalue weighted by atomic mass is 9.98. The number of ether oxygens (including phenoxy) is 1. The number of nitrogens with zero attached hydrogens (tertiary/aromatic N) is 2. The van der Waals surface area contributed by atoms with E-state index in [0.717, 1.165) is 16.8 Å². The summed E-state index contributed by atoms with van der Waals surface area (Å²) in [7, 11) is 1.81. The average Bonchev–Trinajstić information content (AvgIpc) is 3.27. The molecular formula is C21H20N2O2S. The van der Waals surface area contributed by atoms with E-state index in [2.05, 4.69) is 12.1 Å². The van der Waals surface area contributed by atoms with Gasteiger partial charge in [0, 0.05) is 23.2 Å². The van der Waals surface area contributed by atoms with Gasteiger partial charge in [-0.15, -0.1) is 11.3 Å². The third-order valence-corrected chi connectivity index (χ3v) is 5.33. The minimum Gasteiger partial charge on any atom is -0.461 e. The van der Waals surface area contributed by atoms with Crippen molar-refractivity contribution in [3.05, 3.63) is 58.7 Å². The van der Waals surface area contributed by atoms with E-state index < -0.39 is 5.97 Å². The summed E-state index contributed by atoms with van der Waals surface area (Å²) >= 11 is 1.68. The molecule has 0 amide bonds. The Balaban J connectivity index is 2.17. The van der Waals surface area contributed by atoms with Crippen LogP contribution in [0.3, 0.4) is 0 Å². The molecule has 0 atom stereocenters. The van der Waals surface area contributed by atoms with E-state index in [4.69, 9.17) is 4.74 Å². The molecule has 5 heteroatoms. The fourth-order valence-electron chi connectivity index (χ4n) is 3.23. The van der Waals surface area contributed by atoms with Gasteiger partial charge in [-0.25, -0.2) is 4.79 Å². The maximum atomic E-state index is 12.6. The summed E-state index contributed by atoms with van der Waals surface area (Å²) in [6.45, 7) is 4.06. The molecule has 0 unspecified atom stereocenters. The Morgan fingerprint density at radius 1 is 1.19 bits per heavy atom. The number of hydrogen-bond donors (Lipinski definition) is 0. The first-order valence-corrected chi connectivity index (χ1v) is 9.43. The summed E-state index contributed by atoms with van der Waals surface area (Å²) in [6, 6.07) is 14.4. The Morgan fingerprint density at radius 2 is 1.88 bits per heavy atom. The zero-order valence-electron chi connectivity index (χ0n) is 15.1. The van der Waals surface area contributed by atoms with Gasteiger partial charge in [0.15, 0.2) is 0 Å². The SMILES string of the molecule is CCOC(=O)c1c(-c2ccc(-c3cccs3)cc2)c(C#N)c(CC)n1C. The summed E-state index contributed by atoms with van der Waals surface area (Å²) in [5.74, 6) is -0.400. The molecule has 2 heterocycles. The van der Waals surface area contributed by atoms with Gasteiger partial charge in [0.05, 0.1) is 12.2 Å². The highest BCUT2D eigenvalue weighted by Gasteiger charge is 2.26. The number of carbonyl (C=O) groups is 1. The van der Waals surface area contributed by atoms with Gasteiger partial charge < -0.3 is 9.30 Å². The Morgan fingerprint density at radius 3 is 2.42 bits per heavy atom. The summed E-state index contributed by atoms with van der Waals surface area (Å²) in [4.78, 5) is 13.7. The number of rotatable bonds is 5. The largest absolute Gasteiger partial charge is 0.461 e. The number of carbonyl (C=O) groups excluding carboxylic acids is 1. The van der Waals surface area contributed by atoms with E-state index in [1.807, 2.05) is 49.7 Å². The second-order valence-corrected chi connectivity index (χ2v) is 6.79. The Bertz CT molecular complexity index is 961. The van der Waals surface area contributed by atoms with Crippen molar-refractivity contribution in [3.8, 4) is 27.6 Å². The molecule has 0 aliphatic rings. The molecule has 132 valence electrons. The monoisotopic (exact) mass is 364 g/mol. The van der Waals surface area contributed by atoms with Gasteiger partial charge >= 0.3 is 5.97 Å². The van der Waals surface area contributed by atoms with Crippen molar-refractivity contribution in [1.82, 2.24) is 4.57 Å². The van der Waals surface area contributed by atoms with Crippen LogP contribution < -0.4 is 0 Å². The Kier molecular flexibility index (Phi) is 5.24. The first-order chi connectivity index (χ1) is 12.6. The van der Waals surface area contributed by atoms with Gasteiger partial charge in [-0.1, -0.05) is 37.3 Å². The normalized spacial score (nSPS) is 10.5. The van der Waals surface area contributed by atoms with Crippen molar-refractivity contribution < 1.29 is 9.53 Å². The summed E-state index contributed by atoms with van der Waals surface area (Å²) in [5, 5.41) is 11.8. The number of nitriles is 1. The zero-order valence-corrected chi connectivity index (χ0v) is 15.9. The fraction of sp³-hybridized carbons (Fsp3) is 0.238. The molecule has 3 aromatic rings. The van der Waals surface area contributed by atoms with Crippen molar-refractivity contribution in [2.24, 2.45) is 7.05 Å². The second kappa shape index (κ2) is 7.59. The van der Waals surface area contributed by atoms with Crippen LogP contribution >= 0.6 is 11.3 Å². The number of esters is 1. The molecule has 4 nitrogen and oxygen atoms in total. The molecule has 0 aliphatic carbocycles. The van der Waals surface area contributed by atoms with Gasteiger partial charge in [0.2, 0.25) is 0 Å². The van der Waals surface area contributed by atoms with Gasteiger partial charge in [0.1, 0.15) is 11.8 Å². The highest BCUT2D eigenvalue weighted by atomic mass is 32.1. The number of aromatic nitrogens is 1. The molecule has 1 aromatic carbocycles. The van der Waals surface area contributed by atoms with E-state index in [9.17, 15) is 10.1 Å². The van der Waals surface area contributed by atoms with Crippen LogP contribution in [0.5, 0.6) is 0 Å². The van der Waals surface area contributed by atoms with E-state index in [1.54, 1.807) is 22.8 Å². The van der Waals surface area contributed by atoms with Gasteiger partial charge in [0.25, 0.3) is 0 Å². The maximum Gasteiger partial charge on any atom is 0.355 e. The van der Waals surface area contributed by atoms with Crippen molar-refractivity contribution in [2.45, 2.75) is 20.3 Å². The molecule has 26 heavy (non-hydrogen) atoms. The first kappa shape index (κ1) is 18.0. The van der Waals surface area contributed by atoms with E-state index in [0.29, 0.717) is 29.8 Å². The molecule has 0 aliphatic heterocycles. The van der Waals surface area contributed by atoms with Crippen LogP contribution in [0.15, 0.2) is 41.8 Å². The summed E-state index contributed by atoms with van der Waals surface area (Å²) in [5.41, 5.74) is 4.44. The lowest BCUT2D eigenvalue weighted by Crippen LogP contribution is -2.12. The van der Waals surface area contributed by atoms with Crippen molar-refractivity contribution in [1.29, 1.82) is 5.26 Å². The first-order valence-electron chi connectivity index (χ1n) is 8.55. The van der Waals surface area contributed by atoms with Gasteiger partial charge in [-0.3, -0.25) is 0 Å². The second-order valence-electron chi connectivity index (χ2n) is 5.84. The number of benzene rings is 1. The summed E-state index contributed by atoms with van der Waals surface area (Å²) < 4.78 is 7.03. The molecule has 0 bridgehead atoms. The smallest absolute Gasteiger partial charge is 0.355 e. The molecule has 2 aromatic heterocycles. The third-order valence-electron chi connectivity index (χ3n) is 4.41. The van der Waals surface area contributed by atoms with E-state index >= 15 is 0 Å². The van der Waals surface area contributed by atoms with Gasteiger partial charge in [-0.05, 0) is 35.9 Å². The Hall–Kier alpha value is -2.84. The van der Waals surface area contributed by atoms with Crippen molar-refractivity contribution in [2.75, 3.05) is 6.61 Å². The molecular weight excluding hydrogens is 344 g/mol. The minimum absolute atomic E-state index is 0.296. The van der Waals surface area contributed by atoms with Gasteiger partial charge in [-0.2, -0.15) is 5.26 Å². The standard InChI is InChI=1S/C21H20N2O2S/c1-4-17-16(13-22)19(20(23(17)3)21(24)25-5-2)15-10-8-14(9-11-15)18-7-6-12-26-18/h6-12H,4-5H2,1-3H3. The topological polar surface area (TPSA) is 55.0 Å². The average molecular weight is 364 g/mol. The predicted molar refractivity (Wildman–Crippen MR) is 104 cm³/mol. The lowest BCUT2D eigenvalue weighted by molar-refractivity contribution is 0.0516. The predicted octanol–water partition coefficient (Wildman–Crippen LogP) is 5.03. The summed E-state index contributed by atoms with van der Waals surface area (Å²) in [6.07, 6.45) is 0.666. The maximum absolute atomic E-state index is 12.6. The van der Waals surface area contributed by atoms with Crippen LogP contribution in [-0.4, -0.2) is 17.1 Å². The highest BCUT2D eigenvalue weighted by molar-refractivity contribution is 7.13. The lowest BCUT2D eigenvalue weighted by Gasteiger charge is -2.08. The minimum atomic E-state index is -0.400. The van der Waals surface area contributed by atoms with Crippen LogP contribution in [0.2, 0.25) is 0 Å². The zero-order chi connectivity index (χ0) is 18.7. The van der Waals surface area contributed by atoms with Crippen LogP contribution in [-0.2, 0) is 18.2 Å². The van der Waals surface area contributed by atoms with E-state index in [-0.39, 0.29) is 0 Å². The van der Waals surface area contributed by atoms with Crippen molar-refractivity contribution in [3.63, 3.8) is 0 Å². The van der Waals surface area contributed by atoms with Crippen LogP contribution in [0.4, 0.5) is 0 Å². The molecule has 0 spiro atoms. The number of hydrogen-bond acceptors (Lipinski definition) is 4. The third kappa shape index (κ3) is 3.04. The molecule has 0 saturated heterocycles. The molecule has 0 N–H and O–H groups in total. The molecule has 3 rings (SSSR count). The quantitative estimate of drug-likeness (QED) is 0.597. The molecule has 0 fully saturated rings.